The first-order valence-corrected chi connectivity index (χ1v) is 9.72. The maximum atomic E-state index is 12.6. The van der Waals surface area contributed by atoms with Crippen LogP contribution in [0.5, 0.6) is 11.5 Å². The average molecular weight is 468 g/mol. The van der Waals surface area contributed by atoms with Gasteiger partial charge in [0.1, 0.15) is 11.5 Å². The number of rotatable bonds is 6. The molecule has 4 rings (SSSR count). The van der Waals surface area contributed by atoms with Gasteiger partial charge in [-0.15, -0.1) is 24.8 Å². The van der Waals surface area contributed by atoms with Crippen LogP contribution in [-0.2, 0) is 6.54 Å². The van der Waals surface area contributed by atoms with Gasteiger partial charge in [0.15, 0.2) is 5.65 Å². The van der Waals surface area contributed by atoms with Crippen LogP contribution < -0.4 is 20.1 Å². The largest absolute Gasteiger partial charge is 0.497 e. The van der Waals surface area contributed by atoms with Gasteiger partial charge < -0.3 is 20.1 Å². The monoisotopic (exact) mass is 467 g/mol. The predicted octanol–water partition coefficient (Wildman–Crippen LogP) is 2.82. The second-order valence-corrected chi connectivity index (χ2v) is 7.13. The number of fused-ring (bicyclic) bond motifs is 1. The number of piperidine rings is 1. The van der Waals surface area contributed by atoms with Crippen molar-refractivity contribution in [3.05, 3.63) is 47.8 Å². The third kappa shape index (κ3) is 5.58. The van der Waals surface area contributed by atoms with Gasteiger partial charge in [0.2, 0.25) is 0 Å². The fourth-order valence-electron chi connectivity index (χ4n) is 3.60. The first-order chi connectivity index (χ1) is 14.2. The van der Waals surface area contributed by atoms with E-state index in [1.807, 2.05) is 24.3 Å². The van der Waals surface area contributed by atoms with Crippen LogP contribution in [-0.4, -0.2) is 54.0 Å². The summed E-state index contributed by atoms with van der Waals surface area (Å²) in [4.78, 5) is 17.1. The average Bonchev–Trinajstić information content (AvgIpc) is 3.16. The molecule has 0 saturated carbocycles. The zero-order valence-corrected chi connectivity index (χ0v) is 19.1. The molecular formula is C21H27Cl2N5O3. The summed E-state index contributed by atoms with van der Waals surface area (Å²) in [6.45, 7) is 2.32. The summed E-state index contributed by atoms with van der Waals surface area (Å²) < 4.78 is 12.5. The van der Waals surface area contributed by atoms with Gasteiger partial charge in [-0.25, -0.2) is 9.67 Å². The van der Waals surface area contributed by atoms with Crippen molar-refractivity contribution in [2.24, 2.45) is 0 Å². The molecule has 0 spiro atoms. The Hall–Kier alpha value is -2.55. The minimum atomic E-state index is -0.0994. The highest BCUT2D eigenvalue weighted by Crippen LogP contribution is 2.26. The number of carbonyl (C=O) groups excluding carboxylic acids is 1. The predicted molar refractivity (Wildman–Crippen MR) is 124 cm³/mol. The summed E-state index contributed by atoms with van der Waals surface area (Å²) in [5, 5.41) is 11.7. The molecule has 1 aromatic carbocycles. The minimum absolute atomic E-state index is 0. The lowest BCUT2D eigenvalue weighted by Crippen LogP contribution is -2.45. The summed E-state index contributed by atoms with van der Waals surface area (Å²) in [7, 11) is 3.25. The van der Waals surface area contributed by atoms with E-state index in [1.54, 1.807) is 31.3 Å². The SMILES string of the molecule is COc1ccc(Cn2ncc3cc(C(=O)N[C@H]4CCCNC4)cnc32)c(OC)c1.Cl.Cl. The second kappa shape index (κ2) is 11.2. The molecule has 0 aliphatic carbocycles. The Balaban J connectivity index is 0.00000171. The Labute approximate surface area is 193 Å². The Morgan fingerprint density at radius 2 is 2.06 bits per heavy atom. The summed E-state index contributed by atoms with van der Waals surface area (Å²) in [6, 6.07) is 7.68. The van der Waals surface area contributed by atoms with E-state index in [0.29, 0.717) is 12.1 Å². The third-order valence-electron chi connectivity index (χ3n) is 5.18. The topological polar surface area (TPSA) is 90.3 Å². The number of benzene rings is 1. The van der Waals surface area contributed by atoms with Gasteiger partial charge in [-0.05, 0) is 37.6 Å². The van der Waals surface area contributed by atoms with Gasteiger partial charge >= 0.3 is 0 Å². The summed E-state index contributed by atoms with van der Waals surface area (Å²) in [6.07, 6.45) is 5.41. The molecule has 0 radical (unpaired) electrons. The summed E-state index contributed by atoms with van der Waals surface area (Å²) in [5.41, 5.74) is 2.23. The number of amides is 1. The number of hydrogen-bond donors (Lipinski definition) is 2. The van der Waals surface area contributed by atoms with E-state index in [-0.39, 0.29) is 36.8 Å². The first-order valence-electron chi connectivity index (χ1n) is 9.72. The van der Waals surface area contributed by atoms with Crippen LogP contribution in [0.25, 0.3) is 11.0 Å². The fraction of sp³-hybridized carbons (Fsp3) is 0.381. The Kier molecular flexibility index (Phi) is 8.91. The van der Waals surface area contributed by atoms with Crippen LogP contribution in [0.15, 0.2) is 36.7 Å². The van der Waals surface area contributed by atoms with E-state index < -0.39 is 0 Å². The van der Waals surface area contributed by atoms with Crippen molar-refractivity contribution >= 4 is 41.8 Å². The molecule has 8 nitrogen and oxygen atoms in total. The molecule has 1 aliphatic heterocycles. The third-order valence-corrected chi connectivity index (χ3v) is 5.18. The molecule has 31 heavy (non-hydrogen) atoms. The first kappa shape index (κ1) is 24.7. The van der Waals surface area contributed by atoms with Crippen molar-refractivity contribution in [3.63, 3.8) is 0 Å². The molecule has 0 bridgehead atoms. The lowest BCUT2D eigenvalue weighted by molar-refractivity contribution is 0.0930. The molecule has 168 valence electrons. The highest BCUT2D eigenvalue weighted by Gasteiger charge is 2.17. The maximum absolute atomic E-state index is 12.6. The van der Waals surface area contributed by atoms with Crippen LogP contribution in [0.2, 0.25) is 0 Å². The van der Waals surface area contributed by atoms with Gasteiger partial charge in [-0.3, -0.25) is 4.79 Å². The summed E-state index contributed by atoms with van der Waals surface area (Å²) >= 11 is 0. The highest BCUT2D eigenvalue weighted by molar-refractivity contribution is 5.97. The number of methoxy groups -OCH3 is 2. The van der Waals surface area contributed by atoms with Crippen molar-refractivity contribution in [1.82, 2.24) is 25.4 Å². The van der Waals surface area contributed by atoms with E-state index in [1.165, 1.54) is 0 Å². The van der Waals surface area contributed by atoms with Gasteiger partial charge in [-0.2, -0.15) is 5.10 Å². The van der Waals surface area contributed by atoms with Gasteiger partial charge in [-0.1, -0.05) is 0 Å². The number of carbonyl (C=O) groups is 1. The lowest BCUT2D eigenvalue weighted by atomic mass is 10.1. The molecule has 1 aliphatic rings. The Bertz CT molecular complexity index is 1020. The standard InChI is InChI=1S/C21H25N5O3.2ClH/c1-28-18-6-5-14(19(9-18)29-2)13-26-20-15(11-24-26)8-16(10-23-20)21(27)25-17-4-3-7-22-12-17;;/h5-6,8-11,17,22H,3-4,7,12-13H2,1-2H3,(H,25,27);2*1H/t17-;;/m0../s1. The molecule has 1 saturated heterocycles. The number of halogens is 2. The van der Waals surface area contributed by atoms with Gasteiger partial charge in [0, 0.05) is 35.8 Å². The van der Waals surface area contributed by atoms with Crippen LogP contribution in [0.4, 0.5) is 0 Å². The van der Waals surface area contributed by atoms with Gasteiger partial charge in [0.05, 0.1) is 32.5 Å². The van der Waals surface area contributed by atoms with Crippen molar-refractivity contribution in [2.45, 2.75) is 25.4 Å². The molecule has 10 heteroatoms. The van der Waals surface area contributed by atoms with Gasteiger partial charge in [0.25, 0.3) is 5.91 Å². The molecule has 2 N–H and O–H groups in total. The number of ether oxygens (including phenoxy) is 2. The number of aromatic nitrogens is 3. The quantitative estimate of drug-likeness (QED) is 0.579. The molecule has 2 aromatic heterocycles. The fourth-order valence-corrected chi connectivity index (χ4v) is 3.60. The Morgan fingerprint density at radius 3 is 2.77 bits per heavy atom. The van der Waals surface area contributed by atoms with Crippen LogP contribution in [0, 0.1) is 0 Å². The van der Waals surface area contributed by atoms with E-state index in [9.17, 15) is 4.79 Å². The smallest absolute Gasteiger partial charge is 0.253 e. The lowest BCUT2D eigenvalue weighted by Gasteiger charge is -2.23. The molecular weight excluding hydrogens is 441 g/mol. The number of hydrogen-bond acceptors (Lipinski definition) is 6. The van der Waals surface area contributed by atoms with Crippen LogP contribution in [0.3, 0.4) is 0 Å². The number of nitrogens with one attached hydrogen (secondary N) is 2. The summed E-state index contributed by atoms with van der Waals surface area (Å²) in [5.74, 6) is 1.36. The molecule has 1 amide bonds. The van der Waals surface area contributed by atoms with E-state index in [0.717, 1.165) is 54.0 Å². The number of pyridine rings is 1. The van der Waals surface area contributed by atoms with E-state index in [4.69, 9.17) is 9.47 Å². The minimum Gasteiger partial charge on any atom is -0.497 e. The van der Waals surface area contributed by atoms with E-state index in [2.05, 4.69) is 20.7 Å². The molecule has 1 fully saturated rings. The Morgan fingerprint density at radius 1 is 1.23 bits per heavy atom. The zero-order valence-electron chi connectivity index (χ0n) is 17.5. The van der Waals surface area contributed by atoms with E-state index >= 15 is 0 Å². The van der Waals surface area contributed by atoms with Crippen LogP contribution in [0.1, 0.15) is 28.8 Å². The van der Waals surface area contributed by atoms with Crippen molar-refractivity contribution < 1.29 is 14.3 Å². The van der Waals surface area contributed by atoms with Crippen molar-refractivity contribution in [1.29, 1.82) is 0 Å². The normalized spacial score (nSPS) is 15.5. The van der Waals surface area contributed by atoms with Crippen LogP contribution >= 0.6 is 24.8 Å². The van der Waals surface area contributed by atoms with Crippen molar-refractivity contribution in [2.75, 3.05) is 27.3 Å². The highest BCUT2D eigenvalue weighted by atomic mass is 35.5. The second-order valence-electron chi connectivity index (χ2n) is 7.13. The number of nitrogens with zero attached hydrogens (tertiary/aromatic N) is 3. The molecule has 3 heterocycles. The molecule has 1 atom stereocenters. The maximum Gasteiger partial charge on any atom is 0.253 e. The zero-order chi connectivity index (χ0) is 20.2. The molecule has 3 aromatic rings. The van der Waals surface area contributed by atoms with Crippen molar-refractivity contribution in [3.8, 4) is 11.5 Å². The molecule has 0 unspecified atom stereocenters.